The molecule has 0 saturated heterocycles. The third-order valence-electron chi connectivity index (χ3n) is 4.94. The maximum atomic E-state index is 12.5. The molecule has 1 aromatic heterocycles. The van der Waals surface area contributed by atoms with Gasteiger partial charge in [0.05, 0.1) is 0 Å². The number of nitrogens with zero attached hydrogens (tertiary/aromatic N) is 2. The normalized spacial score (nSPS) is 14.4. The third kappa shape index (κ3) is 5.01. The number of para-hydroxylation sites is 1. The molecule has 6 heteroatoms. The van der Waals surface area contributed by atoms with E-state index in [0.29, 0.717) is 15.9 Å². The number of rotatable bonds is 9. The van der Waals surface area contributed by atoms with Crippen LogP contribution in [-0.2, 0) is 13.0 Å². The Hall–Kier alpha value is -2.08. The standard InChI is InChI=1S/C21H29N3O2S/c1-2-3-4-5-6-7-11-16-12-8-9-13-17(16)23-19(25)18-20(26)24-15-10-14-22-21(24)27-18/h8-9,12-13,23,25H,2-7,10-11,14-15H2,1H3. The van der Waals surface area contributed by atoms with Crippen LogP contribution < -0.4 is 20.2 Å². The molecule has 2 heterocycles. The Morgan fingerprint density at radius 2 is 2.00 bits per heavy atom. The molecule has 146 valence electrons. The molecule has 0 atom stereocenters. The molecule has 0 spiro atoms. The molecule has 1 aliphatic heterocycles. The molecule has 0 saturated carbocycles. The Morgan fingerprint density at radius 3 is 2.81 bits per heavy atom. The lowest BCUT2D eigenvalue weighted by molar-refractivity contribution is 0.501. The minimum absolute atomic E-state index is 0.0718. The quantitative estimate of drug-likeness (QED) is 0.647. The Labute approximate surface area is 164 Å². The largest absolute Gasteiger partial charge is 0.493 e. The van der Waals surface area contributed by atoms with Gasteiger partial charge in [-0.3, -0.25) is 14.4 Å². The summed E-state index contributed by atoms with van der Waals surface area (Å²) in [5.74, 6) is -0.0718. The maximum absolute atomic E-state index is 12.5. The van der Waals surface area contributed by atoms with Gasteiger partial charge in [0, 0.05) is 18.8 Å². The second kappa shape index (κ2) is 9.74. The average molecular weight is 388 g/mol. The van der Waals surface area contributed by atoms with E-state index in [1.165, 1.54) is 49.0 Å². The highest BCUT2D eigenvalue weighted by Gasteiger charge is 2.13. The molecule has 0 unspecified atom stereocenters. The van der Waals surface area contributed by atoms with Crippen LogP contribution in [0.2, 0.25) is 0 Å². The predicted octanol–water partition coefficient (Wildman–Crippen LogP) is 3.57. The number of aliphatic hydroxyl groups excluding tert-OH is 1. The van der Waals surface area contributed by atoms with E-state index in [2.05, 4.69) is 23.3 Å². The average Bonchev–Trinajstić information content (AvgIpc) is 3.03. The van der Waals surface area contributed by atoms with Gasteiger partial charge in [0.1, 0.15) is 0 Å². The van der Waals surface area contributed by atoms with Crippen LogP contribution in [0.15, 0.2) is 34.1 Å². The number of unbranched alkanes of at least 4 members (excludes halogenated alkanes) is 5. The molecule has 0 radical (unpaired) electrons. The summed E-state index contributed by atoms with van der Waals surface area (Å²) in [6.07, 6.45) is 9.37. The van der Waals surface area contributed by atoms with Crippen molar-refractivity contribution in [3.05, 3.63) is 49.5 Å². The summed E-state index contributed by atoms with van der Waals surface area (Å²) < 4.78 is 1.99. The molecule has 0 aliphatic carbocycles. The number of fused-ring (bicyclic) bond motifs is 1. The van der Waals surface area contributed by atoms with E-state index in [9.17, 15) is 9.90 Å². The highest BCUT2D eigenvalue weighted by Crippen LogP contribution is 2.19. The van der Waals surface area contributed by atoms with Gasteiger partial charge in [-0.1, -0.05) is 68.6 Å². The Bertz CT molecular complexity index is 930. The van der Waals surface area contributed by atoms with Gasteiger partial charge in [0.25, 0.3) is 5.56 Å². The van der Waals surface area contributed by atoms with Gasteiger partial charge in [-0.15, -0.1) is 0 Å². The smallest absolute Gasteiger partial charge is 0.275 e. The van der Waals surface area contributed by atoms with Crippen LogP contribution >= 0.6 is 11.3 Å². The van der Waals surface area contributed by atoms with Crippen molar-refractivity contribution in [2.24, 2.45) is 4.99 Å². The lowest BCUT2D eigenvalue weighted by atomic mass is 10.0. The molecule has 3 rings (SSSR count). The van der Waals surface area contributed by atoms with Gasteiger partial charge in [-0.2, -0.15) is 0 Å². The molecular weight excluding hydrogens is 358 g/mol. The number of aryl methyl sites for hydroxylation is 1. The maximum Gasteiger partial charge on any atom is 0.275 e. The first-order valence-corrected chi connectivity index (χ1v) is 10.8. The molecule has 2 N–H and O–H groups in total. The molecule has 0 amide bonds. The van der Waals surface area contributed by atoms with Gasteiger partial charge < -0.3 is 10.4 Å². The lowest BCUT2D eigenvalue weighted by Gasteiger charge is -2.11. The van der Waals surface area contributed by atoms with Crippen LogP contribution in [0, 0.1) is 0 Å². The van der Waals surface area contributed by atoms with Gasteiger partial charge in [-0.05, 0) is 30.9 Å². The van der Waals surface area contributed by atoms with Gasteiger partial charge in [0.2, 0.25) is 5.88 Å². The topological polar surface area (TPSA) is 66.6 Å². The number of thiazole rings is 1. The highest BCUT2D eigenvalue weighted by atomic mass is 32.1. The summed E-state index contributed by atoms with van der Waals surface area (Å²) >= 11 is 1.26. The first kappa shape index (κ1) is 19.7. The van der Waals surface area contributed by atoms with Crippen LogP contribution in [0.25, 0.3) is 5.88 Å². The predicted molar refractivity (Wildman–Crippen MR) is 112 cm³/mol. The molecular formula is C21H29N3O2S. The number of nitrogens with one attached hydrogen (secondary N) is 1. The monoisotopic (exact) mass is 387 g/mol. The fourth-order valence-electron chi connectivity index (χ4n) is 3.41. The van der Waals surface area contributed by atoms with Crippen LogP contribution in [0.1, 0.15) is 57.4 Å². The van der Waals surface area contributed by atoms with Gasteiger partial charge in [0.15, 0.2) is 9.33 Å². The van der Waals surface area contributed by atoms with Crippen molar-refractivity contribution in [1.29, 1.82) is 0 Å². The summed E-state index contributed by atoms with van der Waals surface area (Å²) in [4.78, 5) is 17.6. The molecule has 5 nitrogen and oxygen atoms in total. The Balaban J connectivity index is 1.73. The first-order chi connectivity index (χ1) is 13.2. The van der Waals surface area contributed by atoms with E-state index in [-0.39, 0.29) is 11.4 Å². The molecule has 0 bridgehead atoms. The number of hydrogen-bond acceptors (Lipinski definition) is 5. The first-order valence-electron chi connectivity index (χ1n) is 10.0. The summed E-state index contributed by atoms with van der Waals surface area (Å²) in [5, 5.41) is 13.6. The van der Waals surface area contributed by atoms with E-state index < -0.39 is 0 Å². The minimum atomic E-state index is -0.156. The SMILES string of the molecule is CCCCCCCCc1ccccc1NC(O)=c1sc2n(c1=O)CCCN=2. The van der Waals surface area contributed by atoms with Crippen molar-refractivity contribution in [3.8, 4) is 0 Å². The number of hydrogen-bond donors (Lipinski definition) is 2. The van der Waals surface area contributed by atoms with Crippen LogP contribution in [0.4, 0.5) is 5.69 Å². The van der Waals surface area contributed by atoms with E-state index >= 15 is 0 Å². The van der Waals surface area contributed by atoms with Crippen molar-refractivity contribution < 1.29 is 5.11 Å². The minimum Gasteiger partial charge on any atom is -0.493 e. The van der Waals surface area contributed by atoms with Crippen LogP contribution in [0.5, 0.6) is 0 Å². The summed E-state index contributed by atoms with van der Waals surface area (Å²) in [5.41, 5.74) is 1.89. The number of anilines is 1. The molecule has 2 aromatic rings. The zero-order valence-electron chi connectivity index (χ0n) is 16.0. The molecule has 1 aromatic carbocycles. The second-order valence-corrected chi connectivity index (χ2v) is 8.03. The third-order valence-corrected chi connectivity index (χ3v) is 6.04. The lowest BCUT2D eigenvalue weighted by Crippen LogP contribution is -2.35. The van der Waals surface area contributed by atoms with Crippen molar-refractivity contribution in [1.82, 2.24) is 4.57 Å². The van der Waals surface area contributed by atoms with Gasteiger partial charge >= 0.3 is 0 Å². The van der Waals surface area contributed by atoms with Crippen LogP contribution in [-0.4, -0.2) is 16.2 Å². The zero-order chi connectivity index (χ0) is 19.1. The molecule has 1 aliphatic rings. The Kier molecular flexibility index (Phi) is 7.10. The Morgan fingerprint density at radius 1 is 1.22 bits per heavy atom. The van der Waals surface area contributed by atoms with Crippen molar-refractivity contribution in [2.45, 2.75) is 64.8 Å². The van der Waals surface area contributed by atoms with E-state index in [0.717, 1.165) is 31.5 Å². The van der Waals surface area contributed by atoms with Crippen LogP contribution in [0.3, 0.4) is 0 Å². The van der Waals surface area contributed by atoms with Crippen molar-refractivity contribution >= 4 is 22.9 Å². The van der Waals surface area contributed by atoms with E-state index in [4.69, 9.17) is 0 Å². The number of aromatic nitrogens is 1. The number of aliphatic hydroxyl groups is 1. The summed E-state index contributed by atoms with van der Waals surface area (Å²) in [6, 6.07) is 8.01. The summed E-state index contributed by atoms with van der Waals surface area (Å²) in [7, 11) is 0. The second-order valence-electron chi connectivity index (χ2n) is 7.05. The van der Waals surface area contributed by atoms with E-state index in [1.807, 2.05) is 18.2 Å². The van der Waals surface area contributed by atoms with Crippen molar-refractivity contribution in [3.63, 3.8) is 0 Å². The number of benzene rings is 1. The fraction of sp³-hybridized carbons (Fsp3) is 0.524. The highest BCUT2D eigenvalue weighted by molar-refractivity contribution is 7.07. The molecule has 27 heavy (non-hydrogen) atoms. The van der Waals surface area contributed by atoms with Gasteiger partial charge in [-0.25, -0.2) is 0 Å². The fourth-order valence-corrected chi connectivity index (χ4v) is 4.38. The van der Waals surface area contributed by atoms with E-state index in [1.54, 1.807) is 4.57 Å². The zero-order valence-corrected chi connectivity index (χ0v) is 16.9. The van der Waals surface area contributed by atoms with Crippen molar-refractivity contribution in [2.75, 3.05) is 11.9 Å². The summed E-state index contributed by atoms with van der Waals surface area (Å²) in [6.45, 7) is 3.65. The molecule has 0 fully saturated rings.